The highest BCUT2D eigenvalue weighted by atomic mass is 16.5. The lowest BCUT2D eigenvalue weighted by atomic mass is 9.77. The summed E-state index contributed by atoms with van der Waals surface area (Å²) >= 11 is 0. The summed E-state index contributed by atoms with van der Waals surface area (Å²) in [5.74, 6) is 0.913. The van der Waals surface area contributed by atoms with E-state index >= 15 is 0 Å². The van der Waals surface area contributed by atoms with Gasteiger partial charge in [0.1, 0.15) is 0 Å². The second-order valence-corrected chi connectivity index (χ2v) is 4.98. The lowest BCUT2D eigenvalue weighted by Gasteiger charge is -2.32. The molecule has 2 rings (SSSR count). The fraction of sp³-hybridized carbons (Fsp3) is 0.846. The van der Waals surface area contributed by atoms with Crippen molar-refractivity contribution in [1.29, 1.82) is 0 Å². The number of ether oxygens (including phenoxy) is 1. The van der Waals surface area contributed by atoms with E-state index in [1.165, 1.54) is 38.5 Å². The molecule has 0 spiro atoms. The van der Waals surface area contributed by atoms with Gasteiger partial charge in [-0.05, 0) is 51.9 Å². The van der Waals surface area contributed by atoms with Crippen LogP contribution in [0.3, 0.4) is 0 Å². The molecular formula is C13H22O. The molecule has 0 amide bonds. The van der Waals surface area contributed by atoms with Gasteiger partial charge in [-0.25, -0.2) is 0 Å². The molecule has 0 saturated heterocycles. The Labute approximate surface area is 87.5 Å². The van der Waals surface area contributed by atoms with E-state index < -0.39 is 0 Å². The second kappa shape index (κ2) is 4.48. The number of fused-ring (bicyclic) bond motifs is 1. The molecule has 0 N–H and O–H groups in total. The Balaban J connectivity index is 1.97. The Morgan fingerprint density at radius 2 is 2.07 bits per heavy atom. The first-order valence-corrected chi connectivity index (χ1v) is 6.12. The van der Waals surface area contributed by atoms with Gasteiger partial charge in [0.2, 0.25) is 0 Å². The van der Waals surface area contributed by atoms with E-state index in [9.17, 15) is 0 Å². The van der Waals surface area contributed by atoms with Crippen molar-refractivity contribution in [2.45, 2.75) is 64.6 Å². The molecule has 1 fully saturated rings. The zero-order chi connectivity index (χ0) is 9.97. The van der Waals surface area contributed by atoms with Crippen molar-refractivity contribution in [2.75, 3.05) is 0 Å². The minimum atomic E-state index is 0.372. The summed E-state index contributed by atoms with van der Waals surface area (Å²) < 4.78 is 5.86. The third-order valence-electron chi connectivity index (χ3n) is 3.44. The predicted molar refractivity (Wildman–Crippen MR) is 59.3 cm³/mol. The fourth-order valence-electron chi connectivity index (χ4n) is 2.80. The van der Waals surface area contributed by atoms with Crippen molar-refractivity contribution < 1.29 is 4.74 Å². The van der Waals surface area contributed by atoms with Gasteiger partial charge in [0.15, 0.2) is 0 Å². The highest BCUT2D eigenvalue weighted by molar-refractivity contribution is 5.15. The van der Waals surface area contributed by atoms with Gasteiger partial charge in [-0.15, -0.1) is 0 Å². The zero-order valence-corrected chi connectivity index (χ0v) is 9.46. The quantitative estimate of drug-likeness (QED) is 0.609. The summed E-state index contributed by atoms with van der Waals surface area (Å²) in [6.07, 6.45) is 11.4. The third-order valence-corrected chi connectivity index (χ3v) is 3.44. The van der Waals surface area contributed by atoms with E-state index in [0.717, 1.165) is 5.92 Å². The third kappa shape index (κ3) is 2.38. The van der Waals surface area contributed by atoms with Crippen LogP contribution >= 0.6 is 0 Å². The van der Waals surface area contributed by atoms with E-state index in [-0.39, 0.29) is 0 Å². The molecule has 14 heavy (non-hydrogen) atoms. The second-order valence-electron chi connectivity index (χ2n) is 4.98. The summed E-state index contributed by atoms with van der Waals surface area (Å²) in [7, 11) is 0. The lowest BCUT2D eigenvalue weighted by molar-refractivity contribution is 0.0225. The van der Waals surface area contributed by atoms with Gasteiger partial charge in [-0.1, -0.05) is 18.1 Å². The fourth-order valence-corrected chi connectivity index (χ4v) is 2.80. The van der Waals surface area contributed by atoms with Crippen molar-refractivity contribution in [2.24, 2.45) is 5.92 Å². The molecule has 1 saturated carbocycles. The largest absolute Gasteiger partial charge is 0.371 e. The molecule has 0 aliphatic heterocycles. The molecule has 2 atom stereocenters. The maximum absolute atomic E-state index is 5.86. The highest BCUT2D eigenvalue weighted by Crippen LogP contribution is 2.37. The highest BCUT2D eigenvalue weighted by Gasteiger charge is 2.25. The Kier molecular flexibility index (Phi) is 3.27. The van der Waals surface area contributed by atoms with Crippen LogP contribution in [-0.4, -0.2) is 12.2 Å². The van der Waals surface area contributed by atoms with Crippen molar-refractivity contribution in [3.8, 4) is 0 Å². The first-order chi connectivity index (χ1) is 6.75. The Morgan fingerprint density at radius 3 is 2.86 bits per heavy atom. The molecule has 0 bridgehead atoms. The molecule has 1 nitrogen and oxygen atoms in total. The van der Waals surface area contributed by atoms with E-state index in [4.69, 9.17) is 4.74 Å². The van der Waals surface area contributed by atoms with Gasteiger partial charge in [-0.2, -0.15) is 0 Å². The first-order valence-electron chi connectivity index (χ1n) is 6.12. The van der Waals surface area contributed by atoms with Crippen LogP contribution in [0.4, 0.5) is 0 Å². The summed E-state index contributed by atoms with van der Waals surface area (Å²) in [6.45, 7) is 4.26. The number of rotatable bonds is 2. The van der Waals surface area contributed by atoms with Crippen molar-refractivity contribution >= 4 is 0 Å². The van der Waals surface area contributed by atoms with Crippen molar-refractivity contribution in [1.82, 2.24) is 0 Å². The number of allylic oxidation sites excluding steroid dienone is 1. The van der Waals surface area contributed by atoms with E-state index in [1.54, 1.807) is 5.57 Å². The van der Waals surface area contributed by atoms with Gasteiger partial charge >= 0.3 is 0 Å². The van der Waals surface area contributed by atoms with Gasteiger partial charge in [0.05, 0.1) is 12.2 Å². The summed E-state index contributed by atoms with van der Waals surface area (Å²) in [5, 5.41) is 0. The van der Waals surface area contributed by atoms with Gasteiger partial charge in [-0.3, -0.25) is 0 Å². The molecule has 80 valence electrons. The molecule has 0 heterocycles. The lowest BCUT2D eigenvalue weighted by Crippen LogP contribution is -2.24. The van der Waals surface area contributed by atoms with E-state index in [2.05, 4.69) is 19.9 Å². The average Bonchev–Trinajstić information content (AvgIpc) is 2.17. The van der Waals surface area contributed by atoms with Gasteiger partial charge in [0.25, 0.3) is 0 Å². The molecule has 1 heteroatoms. The van der Waals surface area contributed by atoms with Crippen LogP contribution in [0, 0.1) is 5.92 Å². The molecule has 0 radical (unpaired) electrons. The van der Waals surface area contributed by atoms with Crippen LogP contribution in [0.1, 0.15) is 52.4 Å². The van der Waals surface area contributed by atoms with E-state index in [1.807, 2.05) is 0 Å². The summed E-state index contributed by atoms with van der Waals surface area (Å²) in [4.78, 5) is 0. The zero-order valence-electron chi connectivity index (χ0n) is 9.46. The van der Waals surface area contributed by atoms with Gasteiger partial charge < -0.3 is 4.74 Å². The molecular weight excluding hydrogens is 172 g/mol. The van der Waals surface area contributed by atoms with Crippen molar-refractivity contribution in [3.63, 3.8) is 0 Å². The molecule has 0 aromatic carbocycles. The first kappa shape index (κ1) is 10.2. The summed E-state index contributed by atoms with van der Waals surface area (Å²) in [5.41, 5.74) is 1.70. The summed E-state index contributed by atoms with van der Waals surface area (Å²) in [6, 6.07) is 0. The number of hydrogen-bond donors (Lipinski definition) is 0. The normalized spacial score (nSPS) is 32.6. The maximum Gasteiger partial charge on any atom is 0.0762 e. The Bertz CT molecular complexity index is 217. The van der Waals surface area contributed by atoms with Crippen LogP contribution < -0.4 is 0 Å². The average molecular weight is 194 g/mol. The molecule has 2 aliphatic rings. The van der Waals surface area contributed by atoms with Crippen LogP contribution in [0.5, 0.6) is 0 Å². The smallest absolute Gasteiger partial charge is 0.0762 e. The molecule has 2 unspecified atom stereocenters. The minimum Gasteiger partial charge on any atom is -0.371 e. The van der Waals surface area contributed by atoms with Gasteiger partial charge in [0, 0.05) is 0 Å². The standard InChI is InChI=1S/C13H22O/c1-10(2)14-13-8-7-11-5-3-4-6-12(11)9-13/h9-11,13H,3-8H2,1-2H3. The van der Waals surface area contributed by atoms with Crippen LogP contribution in [-0.2, 0) is 4.74 Å². The molecule has 0 aromatic heterocycles. The number of hydrogen-bond acceptors (Lipinski definition) is 1. The molecule has 0 aromatic rings. The monoisotopic (exact) mass is 194 g/mol. The van der Waals surface area contributed by atoms with Crippen LogP contribution in [0.25, 0.3) is 0 Å². The van der Waals surface area contributed by atoms with Crippen LogP contribution in [0.2, 0.25) is 0 Å². The Hall–Kier alpha value is -0.300. The minimum absolute atomic E-state index is 0.372. The van der Waals surface area contributed by atoms with Crippen molar-refractivity contribution in [3.05, 3.63) is 11.6 Å². The Morgan fingerprint density at radius 1 is 1.21 bits per heavy atom. The SMILES string of the molecule is CC(C)OC1C=C2CCCCC2CC1. The van der Waals surface area contributed by atoms with E-state index in [0.29, 0.717) is 12.2 Å². The topological polar surface area (TPSA) is 9.23 Å². The predicted octanol–water partition coefficient (Wildman–Crippen LogP) is 3.69. The maximum atomic E-state index is 5.86. The molecule has 2 aliphatic carbocycles. The van der Waals surface area contributed by atoms with Crippen LogP contribution in [0.15, 0.2) is 11.6 Å².